The Morgan fingerprint density at radius 2 is 1.85 bits per heavy atom. The highest BCUT2D eigenvalue weighted by Gasteiger charge is 2.40. The van der Waals surface area contributed by atoms with Crippen molar-refractivity contribution in [2.45, 2.75) is 37.6 Å². The highest BCUT2D eigenvalue weighted by atomic mass is 16.4. The van der Waals surface area contributed by atoms with E-state index in [1.807, 2.05) is 0 Å². The molecule has 110 valence electrons. The molecule has 0 radical (unpaired) electrons. The highest BCUT2D eigenvalue weighted by molar-refractivity contribution is 5.82. The van der Waals surface area contributed by atoms with Gasteiger partial charge in [-0.3, -0.25) is 9.36 Å². The number of carbonyl (C=O) groups is 1. The first-order chi connectivity index (χ1) is 9.37. The normalized spacial score (nSPS) is 17.7. The maximum atomic E-state index is 12.0. The highest BCUT2D eigenvalue weighted by Crippen LogP contribution is 2.30. The van der Waals surface area contributed by atoms with Crippen molar-refractivity contribution in [3.63, 3.8) is 0 Å². The standard InChI is InChI=1S/C12H18N4O4/c1-15-9(17)8(14-16(2)11(15)20)13-12(10(18)19)6-4-3-5-7-12/h3-7H2,1-2H3,(H,13,14)(H,18,19). The predicted molar refractivity (Wildman–Crippen MR) is 71.8 cm³/mol. The maximum absolute atomic E-state index is 12.0. The van der Waals surface area contributed by atoms with Gasteiger partial charge < -0.3 is 10.4 Å². The lowest BCUT2D eigenvalue weighted by Crippen LogP contribution is -2.51. The van der Waals surface area contributed by atoms with Crippen molar-refractivity contribution < 1.29 is 9.90 Å². The van der Waals surface area contributed by atoms with Crippen LogP contribution in [0.3, 0.4) is 0 Å². The van der Waals surface area contributed by atoms with E-state index in [1.165, 1.54) is 14.1 Å². The molecule has 0 amide bonds. The van der Waals surface area contributed by atoms with E-state index in [2.05, 4.69) is 10.4 Å². The Bertz CT molecular complexity index is 640. The smallest absolute Gasteiger partial charge is 0.346 e. The number of rotatable bonds is 3. The first-order valence-corrected chi connectivity index (χ1v) is 6.53. The second-order valence-corrected chi connectivity index (χ2v) is 5.19. The summed E-state index contributed by atoms with van der Waals surface area (Å²) in [5.74, 6) is -1.09. The van der Waals surface area contributed by atoms with Crippen LogP contribution >= 0.6 is 0 Å². The summed E-state index contributed by atoms with van der Waals surface area (Å²) in [6.45, 7) is 0. The Morgan fingerprint density at radius 3 is 2.40 bits per heavy atom. The summed E-state index contributed by atoms with van der Waals surface area (Å²) in [4.78, 5) is 35.1. The van der Waals surface area contributed by atoms with Gasteiger partial charge in [-0.2, -0.15) is 0 Å². The van der Waals surface area contributed by atoms with Crippen LogP contribution in [0.4, 0.5) is 5.82 Å². The molecular formula is C12H18N4O4. The summed E-state index contributed by atoms with van der Waals surface area (Å²) >= 11 is 0. The van der Waals surface area contributed by atoms with Crippen LogP contribution in [0.1, 0.15) is 32.1 Å². The first kappa shape index (κ1) is 14.3. The number of hydrogen-bond acceptors (Lipinski definition) is 5. The van der Waals surface area contributed by atoms with E-state index in [1.54, 1.807) is 0 Å². The van der Waals surface area contributed by atoms with Gasteiger partial charge in [0.1, 0.15) is 5.54 Å². The van der Waals surface area contributed by atoms with Gasteiger partial charge in [0, 0.05) is 14.1 Å². The fourth-order valence-electron chi connectivity index (χ4n) is 2.55. The summed E-state index contributed by atoms with van der Waals surface area (Å²) in [6.07, 6.45) is 3.43. The average molecular weight is 282 g/mol. The molecule has 0 aromatic carbocycles. The summed E-state index contributed by atoms with van der Waals surface area (Å²) in [5, 5.41) is 16.1. The number of aromatic nitrogens is 3. The van der Waals surface area contributed by atoms with E-state index in [0.717, 1.165) is 28.5 Å². The van der Waals surface area contributed by atoms with E-state index in [-0.39, 0.29) is 5.82 Å². The van der Waals surface area contributed by atoms with E-state index < -0.39 is 22.8 Å². The van der Waals surface area contributed by atoms with Gasteiger partial charge in [0.2, 0.25) is 5.82 Å². The van der Waals surface area contributed by atoms with Gasteiger partial charge in [-0.15, -0.1) is 5.10 Å². The second-order valence-electron chi connectivity index (χ2n) is 5.19. The van der Waals surface area contributed by atoms with E-state index in [4.69, 9.17) is 0 Å². The first-order valence-electron chi connectivity index (χ1n) is 6.53. The number of carboxylic acids is 1. The minimum atomic E-state index is -1.17. The number of anilines is 1. The second kappa shape index (κ2) is 5.10. The van der Waals surface area contributed by atoms with Crippen molar-refractivity contribution in [3.8, 4) is 0 Å². The molecule has 1 aliphatic carbocycles. The number of hydrogen-bond donors (Lipinski definition) is 2. The minimum absolute atomic E-state index is 0.0982. The zero-order chi connectivity index (χ0) is 14.9. The molecule has 8 heteroatoms. The lowest BCUT2D eigenvalue weighted by Gasteiger charge is -2.34. The quantitative estimate of drug-likeness (QED) is 0.787. The SMILES string of the molecule is Cn1nc(NC2(C(=O)O)CCCCC2)c(=O)n(C)c1=O. The molecular weight excluding hydrogens is 264 g/mol. The average Bonchev–Trinajstić information content (AvgIpc) is 2.43. The summed E-state index contributed by atoms with van der Waals surface area (Å²) < 4.78 is 1.93. The van der Waals surface area contributed by atoms with Gasteiger partial charge in [0.15, 0.2) is 0 Å². The van der Waals surface area contributed by atoms with Crippen molar-refractivity contribution in [3.05, 3.63) is 20.8 Å². The third-order valence-electron chi connectivity index (χ3n) is 3.80. The number of nitrogens with one attached hydrogen (secondary N) is 1. The monoisotopic (exact) mass is 282 g/mol. The number of nitrogens with zero attached hydrogens (tertiary/aromatic N) is 3. The van der Waals surface area contributed by atoms with Crippen LogP contribution in [0.2, 0.25) is 0 Å². The lowest BCUT2D eigenvalue weighted by molar-refractivity contribution is -0.143. The molecule has 2 rings (SSSR count). The molecule has 20 heavy (non-hydrogen) atoms. The maximum Gasteiger partial charge on any atom is 0.346 e. The van der Waals surface area contributed by atoms with Crippen molar-refractivity contribution in [1.29, 1.82) is 0 Å². The Balaban J connectivity index is 2.45. The Labute approximate surface area is 115 Å². The van der Waals surface area contributed by atoms with Crippen LogP contribution < -0.4 is 16.6 Å². The zero-order valence-electron chi connectivity index (χ0n) is 11.5. The molecule has 0 aliphatic heterocycles. The van der Waals surface area contributed by atoms with Crippen molar-refractivity contribution in [2.24, 2.45) is 14.1 Å². The fraction of sp³-hybridized carbons (Fsp3) is 0.667. The molecule has 1 aliphatic rings. The molecule has 0 atom stereocenters. The van der Waals surface area contributed by atoms with Crippen LogP contribution in [0, 0.1) is 0 Å². The van der Waals surface area contributed by atoms with Gasteiger partial charge in [-0.25, -0.2) is 14.3 Å². The van der Waals surface area contributed by atoms with Crippen LogP contribution in [0.15, 0.2) is 9.59 Å². The minimum Gasteiger partial charge on any atom is -0.480 e. The molecule has 2 N–H and O–H groups in total. The van der Waals surface area contributed by atoms with Crippen LogP contribution in [0.25, 0.3) is 0 Å². The molecule has 1 aromatic heterocycles. The molecule has 1 heterocycles. The summed E-state index contributed by atoms with van der Waals surface area (Å²) in [5.41, 5.74) is -2.33. The molecule has 1 fully saturated rings. The predicted octanol–water partition coefficient (Wildman–Crippen LogP) is -0.322. The molecule has 8 nitrogen and oxygen atoms in total. The number of aliphatic carboxylic acids is 1. The Hall–Kier alpha value is -2.12. The van der Waals surface area contributed by atoms with E-state index in [9.17, 15) is 19.5 Å². The topological polar surface area (TPSA) is 106 Å². The van der Waals surface area contributed by atoms with E-state index in [0.29, 0.717) is 12.8 Å². The largest absolute Gasteiger partial charge is 0.480 e. The Kier molecular flexibility index (Phi) is 3.65. The van der Waals surface area contributed by atoms with Crippen LogP contribution in [-0.2, 0) is 18.9 Å². The molecule has 1 saturated carbocycles. The van der Waals surface area contributed by atoms with Crippen LogP contribution in [-0.4, -0.2) is 31.0 Å². The van der Waals surface area contributed by atoms with Crippen LogP contribution in [0.5, 0.6) is 0 Å². The molecule has 0 bridgehead atoms. The third-order valence-corrected chi connectivity index (χ3v) is 3.80. The van der Waals surface area contributed by atoms with E-state index >= 15 is 0 Å². The van der Waals surface area contributed by atoms with Gasteiger partial charge in [0.25, 0.3) is 5.56 Å². The summed E-state index contributed by atoms with van der Waals surface area (Å²) in [6, 6.07) is 0. The third kappa shape index (κ3) is 2.33. The molecule has 0 spiro atoms. The van der Waals surface area contributed by atoms with Crippen molar-refractivity contribution in [2.75, 3.05) is 5.32 Å². The zero-order valence-corrected chi connectivity index (χ0v) is 11.5. The molecule has 1 aromatic rings. The van der Waals surface area contributed by atoms with Crippen molar-refractivity contribution in [1.82, 2.24) is 14.3 Å². The molecule has 0 saturated heterocycles. The lowest BCUT2D eigenvalue weighted by atomic mass is 9.81. The van der Waals surface area contributed by atoms with Crippen molar-refractivity contribution >= 4 is 11.8 Å². The fourth-order valence-corrected chi connectivity index (χ4v) is 2.55. The van der Waals surface area contributed by atoms with Gasteiger partial charge in [-0.05, 0) is 12.8 Å². The number of aryl methyl sites for hydroxylation is 1. The summed E-state index contributed by atoms with van der Waals surface area (Å²) in [7, 11) is 2.76. The van der Waals surface area contributed by atoms with Gasteiger partial charge >= 0.3 is 11.7 Å². The number of carboxylic acid groups (broad SMARTS) is 1. The Morgan fingerprint density at radius 1 is 1.25 bits per heavy atom. The van der Waals surface area contributed by atoms with Gasteiger partial charge in [-0.1, -0.05) is 19.3 Å². The molecule has 0 unspecified atom stereocenters. The van der Waals surface area contributed by atoms with Gasteiger partial charge in [0.05, 0.1) is 0 Å².